The Morgan fingerprint density at radius 2 is 2.00 bits per heavy atom. The summed E-state index contributed by atoms with van der Waals surface area (Å²) in [6.07, 6.45) is 1.22. The van der Waals surface area contributed by atoms with Crippen LogP contribution in [0.3, 0.4) is 0 Å². The van der Waals surface area contributed by atoms with E-state index in [0.717, 1.165) is 17.2 Å². The zero-order valence-electron chi connectivity index (χ0n) is 14.0. The highest BCUT2D eigenvalue weighted by atomic mass is 35.5. The highest BCUT2D eigenvalue weighted by molar-refractivity contribution is 6.32. The number of hydrazone groups is 1. The van der Waals surface area contributed by atoms with Crippen molar-refractivity contribution in [1.82, 2.24) is 5.43 Å². The Bertz CT molecular complexity index is 860. The molecule has 0 heterocycles. The minimum atomic E-state index is -0.713. The Kier molecular flexibility index (Phi) is 6.13. The fourth-order valence-corrected chi connectivity index (χ4v) is 2.23. The van der Waals surface area contributed by atoms with Gasteiger partial charge in [0.15, 0.2) is 12.4 Å². The van der Waals surface area contributed by atoms with Crippen molar-refractivity contribution in [2.45, 2.75) is 13.8 Å². The van der Waals surface area contributed by atoms with Crippen molar-refractivity contribution in [3.63, 3.8) is 0 Å². The van der Waals surface area contributed by atoms with Gasteiger partial charge in [-0.1, -0.05) is 11.6 Å². The van der Waals surface area contributed by atoms with Gasteiger partial charge in [0.1, 0.15) is 5.75 Å². The molecule has 0 aliphatic carbocycles. The number of benzene rings is 2. The van der Waals surface area contributed by atoms with E-state index in [2.05, 4.69) is 10.5 Å². The molecule has 1 amide bonds. The van der Waals surface area contributed by atoms with Crippen molar-refractivity contribution in [2.24, 2.45) is 5.10 Å². The molecule has 2 rings (SSSR count). The molecule has 0 aliphatic heterocycles. The normalized spacial score (nSPS) is 10.7. The molecule has 2 N–H and O–H groups in total. The average molecular weight is 378 g/mol. The molecule has 0 unspecified atom stereocenters. The first-order chi connectivity index (χ1) is 12.3. The minimum absolute atomic E-state index is 0.256. The lowest BCUT2D eigenvalue weighted by Crippen LogP contribution is -2.24. The summed E-state index contributed by atoms with van der Waals surface area (Å²) in [5.41, 5.74) is 3.84. The number of aryl methyl sites for hydroxylation is 2. The van der Waals surface area contributed by atoms with E-state index in [1.54, 1.807) is 12.1 Å². The molecule has 2 aromatic rings. The van der Waals surface area contributed by atoms with Crippen molar-refractivity contribution < 1.29 is 19.6 Å². The Labute approximate surface area is 154 Å². The first kappa shape index (κ1) is 19.2. The number of phenolic OH excluding ortho intramolecular Hbond substituents is 1. The Morgan fingerprint density at radius 3 is 2.62 bits per heavy atom. The third-order valence-electron chi connectivity index (χ3n) is 3.38. The SMILES string of the molecule is Cc1cc(OCC(=O)N/N=C/c2ccc(O)c([N+](=O)[O-])c2)cc(C)c1Cl. The van der Waals surface area contributed by atoms with Crippen molar-refractivity contribution in [3.05, 3.63) is 62.2 Å². The molecule has 0 aliphatic rings. The number of nitrogens with one attached hydrogen (secondary N) is 1. The Balaban J connectivity index is 1.92. The van der Waals surface area contributed by atoms with Crippen LogP contribution in [-0.4, -0.2) is 28.8 Å². The van der Waals surface area contributed by atoms with Crippen LogP contribution >= 0.6 is 11.6 Å². The van der Waals surface area contributed by atoms with Crippen LogP contribution in [0.4, 0.5) is 5.69 Å². The van der Waals surface area contributed by atoms with Crippen LogP contribution in [0, 0.1) is 24.0 Å². The fourth-order valence-electron chi connectivity index (χ4n) is 2.12. The van der Waals surface area contributed by atoms with Crippen molar-refractivity contribution in [2.75, 3.05) is 6.61 Å². The summed E-state index contributed by atoms with van der Waals surface area (Å²) in [7, 11) is 0. The molecule has 0 fully saturated rings. The summed E-state index contributed by atoms with van der Waals surface area (Å²) in [4.78, 5) is 21.8. The highest BCUT2D eigenvalue weighted by Gasteiger charge is 2.12. The summed E-state index contributed by atoms with van der Waals surface area (Å²) < 4.78 is 5.39. The van der Waals surface area contributed by atoms with Gasteiger partial charge in [-0.15, -0.1) is 0 Å². The van der Waals surface area contributed by atoms with Gasteiger partial charge < -0.3 is 9.84 Å². The number of carbonyl (C=O) groups excluding carboxylic acids is 1. The zero-order chi connectivity index (χ0) is 19.3. The molecule has 0 radical (unpaired) electrons. The van der Waals surface area contributed by atoms with E-state index in [4.69, 9.17) is 16.3 Å². The molecule has 2 aromatic carbocycles. The smallest absolute Gasteiger partial charge is 0.311 e. The lowest BCUT2D eigenvalue weighted by Gasteiger charge is -2.09. The topological polar surface area (TPSA) is 114 Å². The van der Waals surface area contributed by atoms with Gasteiger partial charge in [-0.2, -0.15) is 5.10 Å². The highest BCUT2D eigenvalue weighted by Crippen LogP contribution is 2.26. The number of nitro groups is 1. The summed E-state index contributed by atoms with van der Waals surface area (Å²) in [5.74, 6) is -0.435. The molecule has 0 atom stereocenters. The Hall–Kier alpha value is -3.13. The molecular weight excluding hydrogens is 362 g/mol. The number of amides is 1. The van der Waals surface area contributed by atoms with Crippen molar-refractivity contribution in [3.8, 4) is 11.5 Å². The van der Waals surface area contributed by atoms with Crippen LogP contribution in [0.25, 0.3) is 0 Å². The van der Waals surface area contributed by atoms with E-state index in [0.29, 0.717) is 16.3 Å². The predicted molar refractivity (Wildman–Crippen MR) is 96.9 cm³/mol. The summed E-state index contributed by atoms with van der Waals surface area (Å²) in [6, 6.07) is 7.19. The number of aromatic hydroxyl groups is 1. The van der Waals surface area contributed by atoms with Gasteiger partial charge in [0.05, 0.1) is 11.1 Å². The quantitative estimate of drug-likeness (QED) is 0.456. The van der Waals surface area contributed by atoms with Crippen molar-refractivity contribution >= 4 is 29.4 Å². The first-order valence-electron chi connectivity index (χ1n) is 7.47. The molecule has 8 nitrogen and oxygen atoms in total. The maximum atomic E-state index is 11.7. The number of halogens is 1. The van der Waals surface area contributed by atoms with Gasteiger partial charge in [0.2, 0.25) is 0 Å². The molecule has 0 aromatic heterocycles. The standard InChI is InChI=1S/C17H16ClN3O5/c1-10-5-13(6-11(2)17(10)18)26-9-16(23)20-19-8-12-3-4-15(22)14(7-12)21(24)25/h3-8,22H,9H2,1-2H3,(H,20,23)/b19-8+. The minimum Gasteiger partial charge on any atom is -0.502 e. The molecular formula is C17H16ClN3O5. The molecule has 0 saturated carbocycles. The van der Waals surface area contributed by atoms with Gasteiger partial charge in [-0.05, 0) is 49.2 Å². The number of rotatable bonds is 6. The van der Waals surface area contributed by atoms with Gasteiger partial charge in [0, 0.05) is 16.7 Å². The summed E-state index contributed by atoms with van der Waals surface area (Å²) in [6.45, 7) is 3.42. The number of hydrogen-bond acceptors (Lipinski definition) is 6. The van der Waals surface area contributed by atoms with Crippen LogP contribution in [0.2, 0.25) is 5.02 Å². The fraction of sp³-hybridized carbons (Fsp3) is 0.176. The number of nitro benzene ring substituents is 1. The second-order valence-electron chi connectivity index (χ2n) is 5.46. The predicted octanol–water partition coefficient (Wildman–Crippen LogP) is 3.10. The number of hydrogen-bond donors (Lipinski definition) is 2. The number of carbonyl (C=O) groups is 1. The van der Waals surface area contributed by atoms with Gasteiger partial charge >= 0.3 is 5.69 Å². The molecule has 26 heavy (non-hydrogen) atoms. The van der Waals surface area contributed by atoms with Crippen molar-refractivity contribution in [1.29, 1.82) is 0 Å². The number of phenols is 1. The third-order valence-corrected chi connectivity index (χ3v) is 3.98. The number of ether oxygens (including phenoxy) is 1. The van der Waals surface area contributed by atoms with Gasteiger partial charge in [-0.3, -0.25) is 14.9 Å². The zero-order valence-corrected chi connectivity index (χ0v) is 14.8. The van der Waals surface area contributed by atoms with E-state index < -0.39 is 22.3 Å². The molecule has 0 saturated heterocycles. The third kappa shape index (κ3) is 4.93. The lowest BCUT2D eigenvalue weighted by atomic mass is 10.1. The van der Waals surface area contributed by atoms with Crippen LogP contribution < -0.4 is 10.2 Å². The average Bonchev–Trinajstić information content (AvgIpc) is 2.59. The van der Waals surface area contributed by atoms with Crippen LogP contribution in [0.5, 0.6) is 11.5 Å². The number of nitrogens with zero attached hydrogens (tertiary/aromatic N) is 2. The van der Waals surface area contributed by atoms with E-state index in [9.17, 15) is 20.0 Å². The van der Waals surface area contributed by atoms with Crippen LogP contribution in [-0.2, 0) is 4.79 Å². The summed E-state index contributed by atoms with van der Waals surface area (Å²) in [5, 5.41) is 24.5. The van der Waals surface area contributed by atoms with E-state index in [1.807, 2.05) is 13.8 Å². The van der Waals surface area contributed by atoms with Crippen LogP contribution in [0.15, 0.2) is 35.4 Å². The first-order valence-corrected chi connectivity index (χ1v) is 7.84. The van der Waals surface area contributed by atoms with Crippen LogP contribution in [0.1, 0.15) is 16.7 Å². The maximum Gasteiger partial charge on any atom is 0.311 e. The molecule has 0 bridgehead atoms. The lowest BCUT2D eigenvalue weighted by molar-refractivity contribution is -0.385. The molecule has 9 heteroatoms. The van der Waals surface area contributed by atoms with E-state index in [1.165, 1.54) is 18.3 Å². The monoisotopic (exact) mass is 377 g/mol. The second-order valence-corrected chi connectivity index (χ2v) is 5.84. The summed E-state index contributed by atoms with van der Waals surface area (Å²) >= 11 is 6.07. The van der Waals surface area contributed by atoms with E-state index >= 15 is 0 Å². The van der Waals surface area contributed by atoms with Gasteiger partial charge in [-0.25, -0.2) is 5.43 Å². The molecule has 136 valence electrons. The second kappa shape index (κ2) is 8.30. The van der Waals surface area contributed by atoms with E-state index in [-0.39, 0.29) is 6.61 Å². The largest absolute Gasteiger partial charge is 0.502 e. The maximum absolute atomic E-state index is 11.7. The molecule has 0 spiro atoms. The Morgan fingerprint density at radius 1 is 1.35 bits per heavy atom. The van der Waals surface area contributed by atoms with Gasteiger partial charge in [0.25, 0.3) is 5.91 Å².